The number of allylic oxidation sites excluding steroid dienone is 20. The van der Waals surface area contributed by atoms with Crippen LogP contribution < -0.4 is 0 Å². The van der Waals surface area contributed by atoms with E-state index < -0.39 is 6.10 Å². The average Bonchev–Trinajstić information content (AvgIpc) is 3.46. The summed E-state index contributed by atoms with van der Waals surface area (Å²) in [6, 6.07) is 0. The Balaban J connectivity index is 4.42. The summed E-state index contributed by atoms with van der Waals surface area (Å²) in [4.78, 5) is 38.4. The maximum atomic E-state index is 12.9. The highest BCUT2D eigenvalue weighted by Gasteiger charge is 2.19. The highest BCUT2D eigenvalue weighted by molar-refractivity contribution is 5.71. The van der Waals surface area contributed by atoms with E-state index in [1.165, 1.54) is 128 Å². The molecular weight excluding hydrogens is 985 g/mol. The Bertz CT molecular complexity index is 1650. The van der Waals surface area contributed by atoms with Crippen molar-refractivity contribution in [3.8, 4) is 0 Å². The van der Waals surface area contributed by atoms with Gasteiger partial charge in [-0.05, 0) is 109 Å². The van der Waals surface area contributed by atoms with E-state index >= 15 is 0 Å². The van der Waals surface area contributed by atoms with E-state index in [1.54, 1.807) is 0 Å². The molecule has 0 fully saturated rings. The van der Waals surface area contributed by atoms with E-state index in [-0.39, 0.29) is 31.1 Å². The van der Waals surface area contributed by atoms with Gasteiger partial charge in [-0.25, -0.2) is 0 Å². The number of carbonyl (C=O) groups is 3. The fourth-order valence-corrected chi connectivity index (χ4v) is 9.26. The van der Waals surface area contributed by atoms with Crippen molar-refractivity contribution in [2.75, 3.05) is 13.2 Å². The maximum Gasteiger partial charge on any atom is 0.306 e. The van der Waals surface area contributed by atoms with Gasteiger partial charge >= 0.3 is 17.9 Å². The lowest BCUT2D eigenvalue weighted by molar-refractivity contribution is -0.167. The summed E-state index contributed by atoms with van der Waals surface area (Å²) in [6.07, 6.45) is 93.4. The van der Waals surface area contributed by atoms with Crippen molar-refractivity contribution >= 4 is 17.9 Å². The summed E-state index contributed by atoms with van der Waals surface area (Å²) in [5.41, 5.74) is 0. The molecule has 1 unspecified atom stereocenters. The van der Waals surface area contributed by atoms with E-state index in [2.05, 4.69) is 142 Å². The van der Waals surface area contributed by atoms with Gasteiger partial charge in [-0.2, -0.15) is 0 Å². The minimum absolute atomic E-state index is 0.0858. The molecule has 0 aromatic rings. The molecular formula is C74H124O6. The summed E-state index contributed by atoms with van der Waals surface area (Å²) in [7, 11) is 0. The summed E-state index contributed by atoms with van der Waals surface area (Å²) in [5, 5.41) is 0. The molecule has 0 bridgehead atoms. The molecule has 0 aromatic heterocycles. The summed E-state index contributed by atoms with van der Waals surface area (Å²) >= 11 is 0. The molecule has 0 rings (SSSR count). The van der Waals surface area contributed by atoms with Crippen LogP contribution in [0.4, 0.5) is 0 Å². The second kappa shape index (κ2) is 67.3. The standard InChI is InChI=1S/C74H124O6/c1-4-7-10-13-16-19-22-25-28-31-33-35-36-37-38-40-41-43-46-49-52-55-58-61-64-67-73(76)79-70-71(69-78-72(75)66-63-60-57-54-51-48-45-30-27-24-21-18-15-12-9-6-3)80-74(77)68-65-62-59-56-53-50-47-44-42-39-34-32-29-26-23-20-17-14-11-8-5-2/h7-8,10-11,16-17,19-20,25-26,28-29,33-35,37-39,41,43,71H,4-6,9,12-15,18,21-24,27,30-32,36,40,42,44-70H2,1-3H3/b10-7-,11-8-,19-16-,20-17-,28-25-,29-26-,35-33-,38-37-,39-34-,43-41-. The number of carbonyl (C=O) groups excluding carboxylic acids is 3. The Labute approximate surface area is 494 Å². The van der Waals surface area contributed by atoms with Crippen molar-refractivity contribution in [2.45, 2.75) is 316 Å². The van der Waals surface area contributed by atoms with Crippen LogP contribution in [0.1, 0.15) is 310 Å². The second-order valence-corrected chi connectivity index (χ2v) is 22.0. The molecule has 1 atom stereocenters. The minimum atomic E-state index is -0.793. The normalized spacial score (nSPS) is 12.9. The molecule has 0 radical (unpaired) electrons. The first kappa shape index (κ1) is 75.8. The molecule has 0 aromatic carbocycles. The largest absolute Gasteiger partial charge is 0.462 e. The zero-order valence-corrected chi connectivity index (χ0v) is 52.3. The zero-order valence-electron chi connectivity index (χ0n) is 52.3. The molecule has 0 aliphatic rings. The van der Waals surface area contributed by atoms with Gasteiger partial charge in [0.1, 0.15) is 13.2 Å². The third kappa shape index (κ3) is 64.6. The summed E-state index contributed by atoms with van der Waals surface area (Å²) in [6.45, 7) is 6.43. The van der Waals surface area contributed by atoms with Crippen LogP contribution >= 0.6 is 0 Å². The van der Waals surface area contributed by atoms with Crippen LogP contribution in [0.15, 0.2) is 122 Å². The van der Waals surface area contributed by atoms with Gasteiger partial charge in [0, 0.05) is 19.3 Å². The number of ether oxygens (including phenoxy) is 3. The fraction of sp³-hybridized carbons (Fsp3) is 0.689. The van der Waals surface area contributed by atoms with Crippen LogP contribution in [0, 0.1) is 0 Å². The van der Waals surface area contributed by atoms with E-state index in [0.717, 1.165) is 141 Å². The monoisotopic (exact) mass is 1110 g/mol. The lowest BCUT2D eigenvalue weighted by Gasteiger charge is -2.18. The topological polar surface area (TPSA) is 78.9 Å². The first-order chi connectivity index (χ1) is 39.5. The Morgan fingerprint density at radius 2 is 0.487 bits per heavy atom. The quantitative estimate of drug-likeness (QED) is 0.0261. The molecule has 0 aliphatic heterocycles. The Morgan fingerprint density at radius 3 is 0.762 bits per heavy atom. The van der Waals surface area contributed by atoms with Gasteiger partial charge in [-0.3, -0.25) is 14.4 Å². The first-order valence-corrected chi connectivity index (χ1v) is 33.5. The Kier molecular flexibility index (Phi) is 63.8. The second-order valence-electron chi connectivity index (χ2n) is 22.0. The average molecular weight is 1110 g/mol. The first-order valence-electron chi connectivity index (χ1n) is 33.5. The van der Waals surface area contributed by atoms with E-state index in [4.69, 9.17) is 14.2 Å². The SMILES string of the molecule is CC/C=C\C/C=C\C/C=C\C/C=C\C/C=C\C/C=C\CCCCCCCCC(=O)OCC(COC(=O)CCCCCCCCCCCCCCCCCC)OC(=O)CCCCCCCCCC/C=C\C/C=C\C/C=C\C/C=C\CC. The predicted molar refractivity (Wildman–Crippen MR) is 348 cm³/mol. The fourth-order valence-electron chi connectivity index (χ4n) is 9.26. The lowest BCUT2D eigenvalue weighted by atomic mass is 10.0. The van der Waals surface area contributed by atoms with Gasteiger partial charge < -0.3 is 14.2 Å². The zero-order chi connectivity index (χ0) is 57.8. The number of esters is 3. The van der Waals surface area contributed by atoms with Gasteiger partial charge in [0.05, 0.1) is 0 Å². The van der Waals surface area contributed by atoms with Crippen molar-refractivity contribution in [3.05, 3.63) is 122 Å². The van der Waals surface area contributed by atoms with Crippen molar-refractivity contribution in [1.29, 1.82) is 0 Å². The smallest absolute Gasteiger partial charge is 0.306 e. The number of hydrogen-bond acceptors (Lipinski definition) is 6. The minimum Gasteiger partial charge on any atom is -0.462 e. The van der Waals surface area contributed by atoms with E-state index in [9.17, 15) is 14.4 Å². The van der Waals surface area contributed by atoms with Gasteiger partial charge in [0.2, 0.25) is 0 Å². The van der Waals surface area contributed by atoms with Gasteiger partial charge in [-0.1, -0.05) is 303 Å². The summed E-state index contributed by atoms with van der Waals surface area (Å²) < 4.78 is 17.0. The van der Waals surface area contributed by atoms with Crippen LogP contribution in [0.3, 0.4) is 0 Å². The molecule has 0 N–H and O–H groups in total. The third-order valence-electron chi connectivity index (χ3n) is 14.2. The molecule has 0 heterocycles. The van der Waals surface area contributed by atoms with Crippen LogP contribution in [-0.4, -0.2) is 37.2 Å². The van der Waals surface area contributed by atoms with Crippen LogP contribution in [0.25, 0.3) is 0 Å². The predicted octanol–water partition coefficient (Wildman–Crippen LogP) is 23.2. The molecule has 0 aliphatic carbocycles. The number of rotatable bonds is 60. The summed E-state index contributed by atoms with van der Waals surface area (Å²) in [5.74, 6) is -0.899. The van der Waals surface area contributed by atoms with E-state index in [0.29, 0.717) is 19.3 Å². The number of hydrogen-bond donors (Lipinski definition) is 0. The van der Waals surface area contributed by atoms with Gasteiger partial charge in [0.25, 0.3) is 0 Å². The Hall–Kier alpha value is -4.19. The van der Waals surface area contributed by atoms with Gasteiger partial charge in [0.15, 0.2) is 6.10 Å². The third-order valence-corrected chi connectivity index (χ3v) is 14.2. The molecule has 6 heteroatoms. The van der Waals surface area contributed by atoms with Crippen LogP contribution in [-0.2, 0) is 28.6 Å². The van der Waals surface area contributed by atoms with Crippen LogP contribution in [0.2, 0.25) is 0 Å². The van der Waals surface area contributed by atoms with Crippen molar-refractivity contribution in [2.24, 2.45) is 0 Å². The maximum absolute atomic E-state index is 12.9. The molecule has 0 saturated heterocycles. The number of unbranched alkanes of at least 4 members (excludes halogenated alkanes) is 29. The lowest BCUT2D eigenvalue weighted by Crippen LogP contribution is -2.30. The van der Waals surface area contributed by atoms with Crippen molar-refractivity contribution in [1.82, 2.24) is 0 Å². The van der Waals surface area contributed by atoms with Crippen molar-refractivity contribution in [3.63, 3.8) is 0 Å². The Morgan fingerprint density at radius 1 is 0.263 bits per heavy atom. The molecule has 6 nitrogen and oxygen atoms in total. The molecule has 80 heavy (non-hydrogen) atoms. The van der Waals surface area contributed by atoms with E-state index in [1.807, 2.05) is 0 Å². The van der Waals surface area contributed by atoms with Gasteiger partial charge in [-0.15, -0.1) is 0 Å². The molecule has 456 valence electrons. The molecule has 0 saturated carbocycles. The molecule has 0 spiro atoms. The highest BCUT2D eigenvalue weighted by Crippen LogP contribution is 2.16. The molecule has 0 amide bonds. The van der Waals surface area contributed by atoms with Crippen LogP contribution in [0.5, 0.6) is 0 Å². The van der Waals surface area contributed by atoms with Crippen molar-refractivity contribution < 1.29 is 28.6 Å². The highest BCUT2D eigenvalue weighted by atomic mass is 16.6.